The van der Waals surface area contributed by atoms with Gasteiger partial charge in [0.1, 0.15) is 5.75 Å². The number of fused-ring (bicyclic) bond motifs is 1. The minimum Gasteiger partial charge on any atom is -0.497 e. The lowest BCUT2D eigenvalue weighted by molar-refractivity contribution is -0.116. The number of methoxy groups -OCH3 is 1. The molecule has 0 unspecified atom stereocenters. The fraction of sp³-hybridized carbons (Fsp3) is 0.190. The van der Waals surface area contributed by atoms with Gasteiger partial charge in [-0.05, 0) is 42.0 Å². The number of nitrogens with zero attached hydrogens (tertiary/aromatic N) is 1. The Morgan fingerprint density at radius 2 is 1.93 bits per heavy atom. The molecule has 1 aliphatic heterocycles. The lowest BCUT2D eigenvalue weighted by Crippen LogP contribution is -2.19. The first-order valence-electron chi connectivity index (χ1n) is 8.69. The van der Waals surface area contributed by atoms with Gasteiger partial charge in [-0.3, -0.25) is 4.79 Å². The molecule has 1 amide bonds. The number of anilines is 1. The summed E-state index contributed by atoms with van der Waals surface area (Å²) in [5.74, 6) is 2.01. The van der Waals surface area contributed by atoms with Crippen molar-refractivity contribution in [3.63, 3.8) is 0 Å². The van der Waals surface area contributed by atoms with E-state index in [-0.39, 0.29) is 25.2 Å². The molecule has 6 nitrogen and oxygen atoms in total. The third kappa shape index (κ3) is 3.74. The van der Waals surface area contributed by atoms with Crippen molar-refractivity contribution in [2.45, 2.75) is 12.5 Å². The summed E-state index contributed by atoms with van der Waals surface area (Å²) in [6.45, 7) is 0.207. The van der Waals surface area contributed by atoms with E-state index < -0.39 is 0 Å². The van der Waals surface area contributed by atoms with Crippen molar-refractivity contribution in [3.8, 4) is 17.2 Å². The van der Waals surface area contributed by atoms with E-state index in [4.69, 9.17) is 14.2 Å². The fourth-order valence-electron chi connectivity index (χ4n) is 3.16. The van der Waals surface area contributed by atoms with Gasteiger partial charge in [0.25, 0.3) is 0 Å². The van der Waals surface area contributed by atoms with E-state index in [0.29, 0.717) is 17.2 Å². The number of nitrogens with one attached hydrogen (secondary N) is 1. The van der Waals surface area contributed by atoms with Crippen LogP contribution in [0.1, 0.15) is 18.0 Å². The molecule has 1 aromatic heterocycles. The van der Waals surface area contributed by atoms with E-state index in [1.807, 2.05) is 59.4 Å². The molecule has 0 fully saturated rings. The van der Waals surface area contributed by atoms with Gasteiger partial charge in [0.05, 0.1) is 19.6 Å². The average Bonchev–Trinajstić information content (AvgIpc) is 3.37. The average molecular weight is 364 g/mol. The predicted octanol–water partition coefficient (Wildman–Crippen LogP) is 3.84. The number of benzene rings is 2. The van der Waals surface area contributed by atoms with Gasteiger partial charge in [-0.2, -0.15) is 0 Å². The van der Waals surface area contributed by atoms with E-state index in [2.05, 4.69) is 5.32 Å². The van der Waals surface area contributed by atoms with Crippen LogP contribution in [0, 0.1) is 0 Å². The maximum atomic E-state index is 12.7. The molecule has 1 aliphatic rings. The molecule has 4 rings (SSSR count). The standard InChI is InChI=1S/C21H20N2O4/c1-25-17-6-4-5-15(11-17)18(23-9-2-3-10-23)13-21(24)22-16-7-8-19-20(12-16)27-14-26-19/h2-12,18H,13-14H2,1H3,(H,22,24)/t18-/m0/s1. The summed E-state index contributed by atoms with van der Waals surface area (Å²) >= 11 is 0. The molecular formula is C21H20N2O4. The molecule has 6 heteroatoms. The zero-order valence-corrected chi connectivity index (χ0v) is 14.9. The van der Waals surface area contributed by atoms with Crippen LogP contribution in [0.15, 0.2) is 67.0 Å². The molecule has 2 aromatic carbocycles. The molecule has 0 bridgehead atoms. The Morgan fingerprint density at radius 3 is 2.74 bits per heavy atom. The predicted molar refractivity (Wildman–Crippen MR) is 101 cm³/mol. The molecule has 0 saturated heterocycles. The van der Waals surface area contributed by atoms with Crippen LogP contribution >= 0.6 is 0 Å². The smallest absolute Gasteiger partial charge is 0.231 e. The number of ether oxygens (including phenoxy) is 3. The molecule has 2 heterocycles. The first-order valence-corrected chi connectivity index (χ1v) is 8.69. The summed E-state index contributed by atoms with van der Waals surface area (Å²) in [5, 5.41) is 2.94. The zero-order valence-electron chi connectivity index (χ0n) is 14.9. The number of hydrogen-bond donors (Lipinski definition) is 1. The number of carbonyl (C=O) groups excluding carboxylic acids is 1. The Balaban J connectivity index is 1.53. The minimum absolute atomic E-state index is 0.0876. The van der Waals surface area contributed by atoms with Crippen LogP contribution in [0.5, 0.6) is 17.2 Å². The maximum absolute atomic E-state index is 12.7. The van der Waals surface area contributed by atoms with Gasteiger partial charge in [0, 0.05) is 24.1 Å². The number of carbonyl (C=O) groups is 1. The normalized spacial score (nSPS) is 13.2. The van der Waals surface area contributed by atoms with Crippen molar-refractivity contribution in [2.24, 2.45) is 0 Å². The Kier molecular flexibility index (Phi) is 4.70. The number of rotatable bonds is 6. The highest BCUT2D eigenvalue weighted by Gasteiger charge is 2.19. The monoisotopic (exact) mass is 364 g/mol. The summed E-state index contributed by atoms with van der Waals surface area (Å²) < 4.78 is 18.0. The van der Waals surface area contributed by atoms with Gasteiger partial charge in [-0.25, -0.2) is 0 Å². The quantitative estimate of drug-likeness (QED) is 0.722. The van der Waals surface area contributed by atoms with Gasteiger partial charge >= 0.3 is 0 Å². The van der Waals surface area contributed by atoms with Crippen molar-refractivity contribution in [1.82, 2.24) is 4.57 Å². The second-order valence-electron chi connectivity index (χ2n) is 6.24. The van der Waals surface area contributed by atoms with Crippen molar-refractivity contribution >= 4 is 11.6 Å². The summed E-state index contributed by atoms with van der Waals surface area (Å²) in [4.78, 5) is 12.7. The van der Waals surface area contributed by atoms with Gasteiger partial charge in [0.15, 0.2) is 11.5 Å². The molecule has 27 heavy (non-hydrogen) atoms. The van der Waals surface area contributed by atoms with E-state index in [1.165, 1.54) is 0 Å². The molecule has 0 saturated carbocycles. The van der Waals surface area contributed by atoms with Gasteiger partial charge < -0.3 is 24.1 Å². The van der Waals surface area contributed by atoms with Crippen LogP contribution < -0.4 is 19.5 Å². The van der Waals surface area contributed by atoms with Crippen LogP contribution in [0.3, 0.4) is 0 Å². The first kappa shape index (κ1) is 17.0. The lowest BCUT2D eigenvalue weighted by Gasteiger charge is -2.20. The lowest BCUT2D eigenvalue weighted by atomic mass is 10.0. The first-order chi connectivity index (χ1) is 13.2. The summed E-state index contributed by atoms with van der Waals surface area (Å²) in [5.41, 5.74) is 1.69. The molecule has 1 N–H and O–H groups in total. The molecular weight excluding hydrogens is 344 g/mol. The van der Waals surface area contributed by atoms with Crippen molar-refractivity contribution in [3.05, 3.63) is 72.6 Å². The van der Waals surface area contributed by atoms with Crippen molar-refractivity contribution in [1.29, 1.82) is 0 Å². The minimum atomic E-state index is -0.135. The highest BCUT2D eigenvalue weighted by molar-refractivity contribution is 5.91. The largest absolute Gasteiger partial charge is 0.497 e. The molecule has 0 aliphatic carbocycles. The molecule has 138 valence electrons. The Labute approximate surface area is 157 Å². The topological polar surface area (TPSA) is 61.7 Å². The van der Waals surface area contributed by atoms with Gasteiger partial charge in [-0.1, -0.05) is 12.1 Å². The van der Waals surface area contributed by atoms with Crippen LogP contribution in [-0.2, 0) is 4.79 Å². The van der Waals surface area contributed by atoms with E-state index in [1.54, 1.807) is 19.2 Å². The van der Waals surface area contributed by atoms with Crippen LogP contribution in [0.4, 0.5) is 5.69 Å². The summed E-state index contributed by atoms with van der Waals surface area (Å²) in [6, 6.07) is 16.9. The van der Waals surface area contributed by atoms with E-state index in [0.717, 1.165) is 11.3 Å². The highest BCUT2D eigenvalue weighted by Crippen LogP contribution is 2.34. The summed E-state index contributed by atoms with van der Waals surface area (Å²) in [7, 11) is 1.64. The van der Waals surface area contributed by atoms with E-state index >= 15 is 0 Å². The maximum Gasteiger partial charge on any atom is 0.231 e. The molecule has 0 radical (unpaired) electrons. The van der Waals surface area contributed by atoms with Gasteiger partial charge in [0.2, 0.25) is 12.7 Å². The SMILES string of the molecule is COc1cccc([C@H](CC(=O)Nc2ccc3c(c2)OCO3)n2cccc2)c1. The second kappa shape index (κ2) is 7.45. The van der Waals surface area contributed by atoms with Crippen molar-refractivity contribution < 1.29 is 19.0 Å². The third-order valence-electron chi connectivity index (χ3n) is 4.50. The number of amides is 1. The Bertz CT molecular complexity index is 937. The van der Waals surface area contributed by atoms with Crippen LogP contribution in [0.25, 0.3) is 0 Å². The van der Waals surface area contributed by atoms with Crippen LogP contribution in [0.2, 0.25) is 0 Å². The molecule has 1 atom stereocenters. The number of hydrogen-bond acceptors (Lipinski definition) is 4. The fourth-order valence-corrected chi connectivity index (χ4v) is 3.16. The van der Waals surface area contributed by atoms with Gasteiger partial charge in [-0.15, -0.1) is 0 Å². The van der Waals surface area contributed by atoms with E-state index in [9.17, 15) is 4.79 Å². The summed E-state index contributed by atoms with van der Waals surface area (Å²) in [6.07, 6.45) is 4.20. The Morgan fingerprint density at radius 1 is 1.11 bits per heavy atom. The van der Waals surface area contributed by atoms with Crippen LogP contribution in [-0.4, -0.2) is 24.4 Å². The molecule has 0 spiro atoms. The third-order valence-corrected chi connectivity index (χ3v) is 4.50. The molecule has 3 aromatic rings. The number of aromatic nitrogens is 1. The van der Waals surface area contributed by atoms with Crippen molar-refractivity contribution in [2.75, 3.05) is 19.2 Å². The Hall–Kier alpha value is -3.41. The second-order valence-corrected chi connectivity index (χ2v) is 6.24. The zero-order chi connectivity index (χ0) is 18.6. The highest BCUT2D eigenvalue weighted by atomic mass is 16.7.